The molecule has 1 heterocycles. The summed E-state index contributed by atoms with van der Waals surface area (Å²) >= 11 is 0. The molecule has 1 saturated heterocycles. The van der Waals surface area contributed by atoms with Gasteiger partial charge >= 0.3 is 0 Å². The van der Waals surface area contributed by atoms with Gasteiger partial charge in [-0.2, -0.15) is 0 Å². The summed E-state index contributed by atoms with van der Waals surface area (Å²) in [5, 5.41) is 3.42. The molecule has 0 radical (unpaired) electrons. The third kappa shape index (κ3) is 3.63. The molecule has 13 heavy (non-hydrogen) atoms. The first kappa shape index (κ1) is 9.44. The maximum absolute atomic E-state index is 5.51. The van der Waals surface area contributed by atoms with Crippen LogP contribution in [0.1, 0.15) is 19.3 Å². The van der Waals surface area contributed by atoms with Crippen molar-refractivity contribution in [1.82, 2.24) is 5.32 Å². The van der Waals surface area contributed by atoms with E-state index in [-0.39, 0.29) is 6.10 Å². The van der Waals surface area contributed by atoms with Gasteiger partial charge in [-0.15, -0.1) is 0 Å². The first-order valence-electron chi connectivity index (χ1n) is 5.35. The largest absolute Gasteiger partial charge is 0.376 e. The fourth-order valence-electron chi connectivity index (χ4n) is 1.63. The highest BCUT2D eigenvalue weighted by Gasteiger charge is 2.20. The Balaban J connectivity index is 1.46. The quantitative estimate of drug-likeness (QED) is 0.642. The molecule has 2 fully saturated rings. The van der Waals surface area contributed by atoms with Gasteiger partial charge in [-0.3, -0.25) is 0 Å². The lowest BCUT2D eigenvalue weighted by Crippen LogP contribution is -2.37. The van der Waals surface area contributed by atoms with Gasteiger partial charge in [-0.05, 0) is 18.9 Å². The molecular formula is C10H19NO2. The molecule has 3 heteroatoms. The molecule has 1 unspecified atom stereocenters. The molecular weight excluding hydrogens is 166 g/mol. The Kier molecular flexibility index (Phi) is 3.58. The van der Waals surface area contributed by atoms with E-state index >= 15 is 0 Å². The third-order valence-electron chi connectivity index (χ3n) is 2.68. The lowest BCUT2D eigenvalue weighted by atomic mass is 10.3. The fourth-order valence-corrected chi connectivity index (χ4v) is 1.63. The van der Waals surface area contributed by atoms with Gasteiger partial charge in [0, 0.05) is 6.54 Å². The average Bonchev–Trinajstić information content (AvgIpc) is 2.98. The van der Waals surface area contributed by atoms with Gasteiger partial charge in [-0.25, -0.2) is 0 Å². The highest BCUT2D eigenvalue weighted by atomic mass is 16.6. The van der Waals surface area contributed by atoms with Gasteiger partial charge in [0.25, 0.3) is 0 Å². The molecule has 76 valence electrons. The van der Waals surface area contributed by atoms with Crippen LogP contribution in [-0.2, 0) is 9.47 Å². The highest BCUT2D eigenvalue weighted by Crippen LogP contribution is 2.31. The fraction of sp³-hybridized carbons (Fsp3) is 1.00. The predicted molar refractivity (Wildman–Crippen MR) is 50.8 cm³/mol. The standard InChI is InChI=1S/C10H19NO2/c1-2-9(1)3-4-11-7-10-8-12-5-6-13-10/h9-11H,1-8H2. The molecule has 1 aliphatic heterocycles. The minimum Gasteiger partial charge on any atom is -0.376 e. The van der Waals surface area contributed by atoms with Crippen molar-refractivity contribution >= 4 is 0 Å². The molecule has 0 spiro atoms. The van der Waals surface area contributed by atoms with E-state index in [4.69, 9.17) is 9.47 Å². The summed E-state index contributed by atoms with van der Waals surface area (Å²) in [5.41, 5.74) is 0. The Labute approximate surface area is 79.8 Å². The Bertz CT molecular complexity index is 142. The van der Waals surface area contributed by atoms with E-state index in [2.05, 4.69) is 5.32 Å². The van der Waals surface area contributed by atoms with E-state index < -0.39 is 0 Å². The van der Waals surface area contributed by atoms with Gasteiger partial charge < -0.3 is 14.8 Å². The molecule has 0 bridgehead atoms. The average molecular weight is 185 g/mol. The smallest absolute Gasteiger partial charge is 0.0933 e. The van der Waals surface area contributed by atoms with Gasteiger partial charge in [0.2, 0.25) is 0 Å². The van der Waals surface area contributed by atoms with Crippen LogP contribution >= 0.6 is 0 Å². The molecule has 0 amide bonds. The lowest BCUT2D eigenvalue weighted by molar-refractivity contribution is -0.0863. The Morgan fingerprint density at radius 3 is 2.85 bits per heavy atom. The SMILES string of the molecule is C(CC1CC1)NCC1COCCO1. The number of hydrogen-bond donors (Lipinski definition) is 1. The molecule has 1 atom stereocenters. The van der Waals surface area contributed by atoms with E-state index in [1.54, 1.807) is 0 Å². The van der Waals surface area contributed by atoms with Crippen molar-refractivity contribution in [3.63, 3.8) is 0 Å². The van der Waals surface area contributed by atoms with Gasteiger partial charge in [-0.1, -0.05) is 12.8 Å². The summed E-state index contributed by atoms with van der Waals surface area (Å²) in [6.07, 6.45) is 4.52. The van der Waals surface area contributed by atoms with Gasteiger partial charge in [0.15, 0.2) is 0 Å². The molecule has 3 nitrogen and oxygen atoms in total. The van der Waals surface area contributed by atoms with Crippen molar-refractivity contribution in [2.24, 2.45) is 5.92 Å². The van der Waals surface area contributed by atoms with Crippen molar-refractivity contribution in [2.45, 2.75) is 25.4 Å². The minimum absolute atomic E-state index is 0.285. The van der Waals surface area contributed by atoms with Crippen LogP contribution in [0.2, 0.25) is 0 Å². The zero-order valence-corrected chi connectivity index (χ0v) is 8.13. The van der Waals surface area contributed by atoms with Crippen molar-refractivity contribution in [3.8, 4) is 0 Å². The topological polar surface area (TPSA) is 30.5 Å². The normalized spacial score (nSPS) is 29.1. The Morgan fingerprint density at radius 2 is 2.15 bits per heavy atom. The summed E-state index contributed by atoms with van der Waals surface area (Å²) in [6.45, 7) is 4.38. The summed E-state index contributed by atoms with van der Waals surface area (Å²) in [4.78, 5) is 0. The zero-order valence-electron chi connectivity index (χ0n) is 8.13. The predicted octanol–water partition coefficient (Wildman–Crippen LogP) is 0.791. The number of ether oxygens (including phenoxy) is 2. The zero-order chi connectivity index (χ0) is 8.93. The molecule has 1 N–H and O–H groups in total. The van der Waals surface area contributed by atoms with E-state index in [9.17, 15) is 0 Å². The van der Waals surface area contributed by atoms with Crippen molar-refractivity contribution in [1.29, 1.82) is 0 Å². The van der Waals surface area contributed by atoms with E-state index in [0.29, 0.717) is 0 Å². The van der Waals surface area contributed by atoms with Crippen LogP contribution in [0.5, 0.6) is 0 Å². The van der Waals surface area contributed by atoms with Crippen LogP contribution < -0.4 is 5.32 Å². The maximum atomic E-state index is 5.51. The van der Waals surface area contributed by atoms with Crippen LogP contribution in [0.15, 0.2) is 0 Å². The summed E-state index contributed by atoms with van der Waals surface area (Å²) in [6, 6.07) is 0. The van der Waals surface area contributed by atoms with Gasteiger partial charge in [0.05, 0.1) is 25.9 Å². The molecule has 1 saturated carbocycles. The summed E-state index contributed by atoms with van der Waals surface area (Å²) in [5.74, 6) is 1.02. The van der Waals surface area contributed by atoms with Gasteiger partial charge in [0.1, 0.15) is 0 Å². The second-order valence-electron chi connectivity index (χ2n) is 4.00. The van der Waals surface area contributed by atoms with Crippen LogP contribution in [-0.4, -0.2) is 39.0 Å². The van der Waals surface area contributed by atoms with Crippen LogP contribution in [0.4, 0.5) is 0 Å². The molecule has 0 aromatic heterocycles. The van der Waals surface area contributed by atoms with Crippen molar-refractivity contribution in [3.05, 3.63) is 0 Å². The second-order valence-corrected chi connectivity index (χ2v) is 4.00. The maximum Gasteiger partial charge on any atom is 0.0933 e. The van der Waals surface area contributed by atoms with Crippen LogP contribution in [0, 0.1) is 5.92 Å². The molecule has 0 aromatic rings. The summed E-state index contributed by atoms with van der Waals surface area (Å²) in [7, 11) is 0. The van der Waals surface area contributed by atoms with Crippen LogP contribution in [0.25, 0.3) is 0 Å². The van der Waals surface area contributed by atoms with Crippen molar-refractivity contribution < 1.29 is 9.47 Å². The molecule has 2 rings (SSSR count). The van der Waals surface area contributed by atoms with E-state index in [0.717, 1.165) is 38.8 Å². The number of nitrogens with one attached hydrogen (secondary N) is 1. The Morgan fingerprint density at radius 1 is 1.23 bits per heavy atom. The van der Waals surface area contributed by atoms with E-state index in [1.807, 2.05) is 0 Å². The van der Waals surface area contributed by atoms with Crippen molar-refractivity contribution in [2.75, 3.05) is 32.9 Å². The third-order valence-corrected chi connectivity index (χ3v) is 2.68. The number of hydrogen-bond acceptors (Lipinski definition) is 3. The first-order valence-corrected chi connectivity index (χ1v) is 5.35. The Hall–Kier alpha value is -0.120. The van der Waals surface area contributed by atoms with Crippen LogP contribution in [0.3, 0.4) is 0 Å². The minimum atomic E-state index is 0.285. The lowest BCUT2D eigenvalue weighted by Gasteiger charge is -2.23. The first-order chi connectivity index (χ1) is 6.45. The molecule has 1 aliphatic carbocycles. The molecule has 2 aliphatic rings. The monoisotopic (exact) mass is 185 g/mol. The second kappa shape index (κ2) is 4.94. The molecule has 0 aromatic carbocycles. The number of rotatable bonds is 5. The highest BCUT2D eigenvalue weighted by molar-refractivity contribution is 4.74. The summed E-state index contributed by atoms with van der Waals surface area (Å²) < 4.78 is 10.8. The van der Waals surface area contributed by atoms with E-state index in [1.165, 1.54) is 19.3 Å².